The van der Waals surface area contributed by atoms with Crippen LogP contribution in [0.15, 0.2) is 48.8 Å². The van der Waals surface area contributed by atoms with Crippen LogP contribution in [0.4, 0.5) is 0 Å². The number of H-pyrrole nitrogens is 2. The van der Waals surface area contributed by atoms with Gasteiger partial charge in [0.15, 0.2) is 11.8 Å². The Labute approximate surface area is 229 Å². The predicted octanol–water partition coefficient (Wildman–Crippen LogP) is 7.88. The summed E-state index contributed by atoms with van der Waals surface area (Å²) in [6.45, 7) is 9.98. The number of aryl methyl sites for hydroxylation is 1. The van der Waals surface area contributed by atoms with Crippen molar-refractivity contribution in [1.29, 1.82) is 0 Å². The van der Waals surface area contributed by atoms with E-state index in [0.29, 0.717) is 41.8 Å². The van der Waals surface area contributed by atoms with E-state index in [1.165, 1.54) is 18.4 Å². The lowest BCUT2D eigenvalue weighted by Gasteiger charge is -2.28. The molecule has 0 saturated heterocycles. The van der Waals surface area contributed by atoms with E-state index in [1.54, 1.807) is 0 Å². The first-order valence-corrected chi connectivity index (χ1v) is 14.4. The monoisotopic (exact) mass is 525 g/mol. The van der Waals surface area contributed by atoms with Crippen LogP contribution in [0.1, 0.15) is 64.2 Å². The maximum atomic E-state index is 11.1. The van der Waals surface area contributed by atoms with Crippen LogP contribution in [0.5, 0.6) is 11.8 Å². The molecule has 3 aromatic heterocycles. The van der Waals surface area contributed by atoms with Crippen molar-refractivity contribution in [3.05, 3.63) is 59.9 Å². The number of benzene rings is 2. The van der Waals surface area contributed by atoms with E-state index in [9.17, 15) is 15.3 Å². The second-order valence-electron chi connectivity index (χ2n) is 11.6. The van der Waals surface area contributed by atoms with Crippen molar-refractivity contribution in [3.63, 3.8) is 0 Å². The van der Waals surface area contributed by atoms with E-state index in [2.05, 4.69) is 60.4 Å². The average Bonchev–Trinajstić information content (AvgIpc) is 3.61. The van der Waals surface area contributed by atoms with Crippen molar-refractivity contribution in [2.45, 2.75) is 66.0 Å². The highest BCUT2D eigenvalue weighted by atomic mass is 16.3. The summed E-state index contributed by atoms with van der Waals surface area (Å²) in [5.41, 5.74) is 7.02. The van der Waals surface area contributed by atoms with E-state index >= 15 is 0 Å². The van der Waals surface area contributed by atoms with Crippen LogP contribution in [0.2, 0.25) is 0 Å². The Morgan fingerprint density at radius 3 is 2.38 bits per heavy atom. The van der Waals surface area contributed by atoms with Crippen molar-refractivity contribution in [2.75, 3.05) is 0 Å². The van der Waals surface area contributed by atoms with Crippen molar-refractivity contribution in [1.82, 2.24) is 14.5 Å². The molecule has 0 aliphatic carbocycles. The van der Waals surface area contributed by atoms with Gasteiger partial charge < -0.3 is 24.9 Å². The molecule has 0 radical (unpaired) electrons. The zero-order valence-corrected chi connectivity index (χ0v) is 23.3. The highest BCUT2D eigenvalue weighted by Crippen LogP contribution is 2.50. The van der Waals surface area contributed by atoms with Gasteiger partial charge in [0, 0.05) is 51.9 Å². The summed E-state index contributed by atoms with van der Waals surface area (Å²) in [5, 5.41) is 34.8. The number of aromatic amines is 2. The summed E-state index contributed by atoms with van der Waals surface area (Å²) in [6, 6.07) is 12.5. The molecule has 3 unspecified atom stereocenters. The van der Waals surface area contributed by atoms with Crippen LogP contribution < -0.4 is 0 Å². The predicted molar refractivity (Wildman–Crippen MR) is 158 cm³/mol. The Morgan fingerprint density at radius 1 is 0.949 bits per heavy atom. The number of para-hydroxylation sites is 1. The zero-order chi connectivity index (χ0) is 27.4. The lowest BCUT2D eigenvalue weighted by Crippen LogP contribution is -2.21. The average molecular weight is 526 g/mol. The Morgan fingerprint density at radius 2 is 1.67 bits per heavy atom. The molecule has 0 fully saturated rings. The Bertz CT molecular complexity index is 1650. The van der Waals surface area contributed by atoms with E-state index in [-0.39, 0.29) is 11.8 Å². The van der Waals surface area contributed by atoms with Crippen molar-refractivity contribution in [2.24, 2.45) is 17.8 Å². The van der Waals surface area contributed by atoms with Gasteiger partial charge in [-0.3, -0.25) is 4.98 Å². The minimum Gasteiger partial charge on any atom is -0.494 e. The normalized spacial score (nSPS) is 17.6. The molecule has 39 heavy (non-hydrogen) atoms. The quantitative estimate of drug-likeness (QED) is 0.142. The maximum absolute atomic E-state index is 11.1. The fraction of sp³-hybridized carbons (Fsp3) is 0.394. The first kappa shape index (κ1) is 25.6. The van der Waals surface area contributed by atoms with E-state index in [4.69, 9.17) is 0 Å². The number of nitrogens with one attached hydrogen (secondary N) is 2. The molecule has 204 valence electrons. The molecule has 3 atom stereocenters. The van der Waals surface area contributed by atoms with Gasteiger partial charge in [0.05, 0.1) is 22.7 Å². The molecule has 5 N–H and O–H groups in total. The van der Waals surface area contributed by atoms with Gasteiger partial charge in [0.25, 0.3) is 0 Å². The number of aliphatic hydroxyl groups is 1. The highest BCUT2D eigenvalue weighted by Gasteiger charge is 2.29. The fourth-order valence-corrected chi connectivity index (χ4v) is 6.79. The summed E-state index contributed by atoms with van der Waals surface area (Å²) in [5.74, 6) is 1.76. The SMILES string of the molecule is CCC(C)C(Cc1ccc2[nH]cc(-c3c(O)[nH]c(O)c3-c3cn4c5c(cccc35)C(O)CC4)c2c1)C(C)CC. The molecule has 4 heterocycles. The molecule has 2 aromatic carbocycles. The molecule has 6 heteroatoms. The molecule has 6 rings (SSSR count). The second-order valence-corrected chi connectivity index (χ2v) is 11.6. The maximum Gasteiger partial charge on any atom is 0.200 e. The standard InChI is InChI=1S/C33H39N3O3/c1-5-18(3)23(19(4)6-2)14-20-10-11-27-24(15-20)25(16-34-27)29-30(33(39)35-32(29)38)26-17-36-13-12-28(37)22-9-7-8-21(26)31(22)36/h7-11,15-19,23,28,34-35,37-39H,5-6,12-14H2,1-4H3. The summed E-state index contributed by atoms with van der Waals surface area (Å²) in [4.78, 5) is 6.17. The topological polar surface area (TPSA) is 97.2 Å². The fourth-order valence-electron chi connectivity index (χ4n) is 6.79. The number of aromatic nitrogens is 3. The molecule has 0 amide bonds. The van der Waals surface area contributed by atoms with Gasteiger partial charge in [-0.15, -0.1) is 0 Å². The molecule has 1 aliphatic rings. The van der Waals surface area contributed by atoms with Gasteiger partial charge in [-0.05, 0) is 48.3 Å². The second kappa shape index (κ2) is 9.83. The Balaban J connectivity index is 1.49. The number of aromatic hydroxyl groups is 2. The molecular weight excluding hydrogens is 486 g/mol. The first-order valence-electron chi connectivity index (χ1n) is 14.4. The number of rotatable bonds is 8. The summed E-state index contributed by atoms with van der Waals surface area (Å²) in [7, 11) is 0. The van der Waals surface area contributed by atoms with Crippen LogP contribution in [0, 0.1) is 17.8 Å². The third-order valence-corrected chi connectivity index (χ3v) is 9.40. The number of hydrogen-bond acceptors (Lipinski definition) is 3. The van der Waals surface area contributed by atoms with Gasteiger partial charge in [-0.25, -0.2) is 0 Å². The summed E-state index contributed by atoms with van der Waals surface area (Å²) >= 11 is 0. The van der Waals surface area contributed by atoms with Gasteiger partial charge in [0.1, 0.15) is 0 Å². The first-order chi connectivity index (χ1) is 18.8. The lowest BCUT2D eigenvalue weighted by molar-refractivity contribution is 0.157. The van der Waals surface area contributed by atoms with Crippen LogP contribution in [0.25, 0.3) is 44.1 Å². The summed E-state index contributed by atoms with van der Waals surface area (Å²) in [6.07, 6.45) is 7.45. The third-order valence-electron chi connectivity index (χ3n) is 9.40. The number of hydrogen-bond donors (Lipinski definition) is 5. The van der Waals surface area contributed by atoms with E-state index < -0.39 is 6.10 Å². The Hall–Kier alpha value is -3.64. The summed E-state index contributed by atoms with van der Waals surface area (Å²) < 4.78 is 2.15. The molecule has 0 bridgehead atoms. The molecule has 0 saturated carbocycles. The van der Waals surface area contributed by atoms with E-state index in [0.717, 1.165) is 44.9 Å². The molecular formula is C33H39N3O3. The van der Waals surface area contributed by atoms with E-state index in [1.807, 2.05) is 30.6 Å². The minimum absolute atomic E-state index is 0.0575. The molecule has 0 spiro atoms. The van der Waals surface area contributed by atoms with Gasteiger partial charge in [-0.2, -0.15) is 0 Å². The largest absolute Gasteiger partial charge is 0.494 e. The molecule has 6 nitrogen and oxygen atoms in total. The van der Waals surface area contributed by atoms with Crippen molar-refractivity contribution < 1.29 is 15.3 Å². The third kappa shape index (κ3) is 4.13. The number of nitrogens with zero attached hydrogens (tertiary/aromatic N) is 1. The minimum atomic E-state index is -0.502. The van der Waals surface area contributed by atoms with Gasteiger partial charge >= 0.3 is 0 Å². The number of aliphatic hydroxyl groups excluding tert-OH is 1. The molecule has 1 aliphatic heterocycles. The van der Waals surface area contributed by atoms with Crippen LogP contribution in [0.3, 0.4) is 0 Å². The van der Waals surface area contributed by atoms with Crippen molar-refractivity contribution in [3.8, 4) is 34.0 Å². The van der Waals surface area contributed by atoms with Crippen molar-refractivity contribution >= 4 is 21.8 Å². The zero-order valence-electron chi connectivity index (χ0n) is 23.3. The van der Waals surface area contributed by atoms with Crippen LogP contribution in [-0.2, 0) is 13.0 Å². The van der Waals surface area contributed by atoms with Crippen LogP contribution >= 0.6 is 0 Å². The number of fused-ring (bicyclic) bond motifs is 1. The van der Waals surface area contributed by atoms with Gasteiger partial charge in [-0.1, -0.05) is 64.8 Å². The lowest BCUT2D eigenvalue weighted by atomic mass is 9.77. The van der Waals surface area contributed by atoms with Gasteiger partial charge in [0.2, 0.25) is 0 Å². The molecule has 5 aromatic rings. The Kier molecular flexibility index (Phi) is 6.46. The highest BCUT2D eigenvalue weighted by molar-refractivity contribution is 6.08. The van der Waals surface area contributed by atoms with Crippen LogP contribution in [-0.4, -0.2) is 29.9 Å². The smallest absolute Gasteiger partial charge is 0.200 e.